The standard InChI is InChI=1S/C26H45NO7S.C26H43NO6.C26H43NO5.C24H40O4.3CH4/c1-15(4-7-23(31)27-10-11-35(32,33)34)18-5-6-19-24-20(14-22(30)26(18,19)3)25(2)9-8-17(28)12-16(25)13-21(24)29;1-14(4-7-22(31)27-13-23(32)33)17-5-6-18-24-19(12-21(30)26(17,18)3)25(2)9-8-16(28)10-15(25)11-20(24)29;1-15(4-7-22(30)27-14-23(31)32)18-5-6-19-24-20(9-11-26(18,19)3)25(2)10-8-17(28)12-16(25)13-21(24)29;1-14(4-7-21(27)28)17-5-6-18-22-19(9-11-24(17,18)3)23(2)10-8-16(25)12-15(23)13-20(22)26;;;/h15-22,24,28-30H,4-14H2,1-3H3,(H,27,31)(H,32,33,34);14-21,24,28-30H,4-13H2,1-3H3,(H,27,31)(H,32,33);15-21,24,28-29H,4-14H2,1-3H3,(H,27,30)(H,31,32);14-20,22,25-26H,4-13H2,1-3H3,(H,27,28);3*1H4/t15-,16+,17-,18-,19+,20+,21-,22+,24+,25+,26-;14-,15+,16-,17-,18+,19+,20-,21+,24+,25+,26-;15-,16+,17-,18-,19+,20+,21-,24+,25+,26-;14-,15+,16-,17-,18+,19+,20-,22+,23+,24-;;;/m1111.../s1. The lowest BCUT2D eigenvalue weighted by Crippen LogP contribution is -2.62. The van der Waals surface area contributed by atoms with E-state index in [2.05, 4.69) is 99.0 Å². The van der Waals surface area contributed by atoms with Gasteiger partial charge in [0, 0.05) is 32.2 Å². The van der Waals surface area contributed by atoms with Crippen molar-refractivity contribution in [3.8, 4) is 0 Å². The van der Waals surface area contributed by atoms with Crippen LogP contribution in [0.3, 0.4) is 0 Å². The first-order valence-electron chi connectivity index (χ1n) is 51.2. The Kier molecular flexibility index (Phi) is 35.7. The molecule has 0 aromatic carbocycles. The fraction of sp³-hybridized carbons (Fsp3) is 0.943. The quantitative estimate of drug-likeness (QED) is 0.0422. The van der Waals surface area contributed by atoms with Gasteiger partial charge in [-0.05, 0) is 404 Å². The molecule has 17 N–H and O–H groups in total. The van der Waals surface area contributed by atoms with Crippen LogP contribution in [0.2, 0.25) is 0 Å². The van der Waals surface area contributed by atoms with Crippen molar-refractivity contribution in [2.24, 2.45) is 185 Å². The van der Waals surface area contributed by atoms with Crippen LogP contribution in [0.25, 0.3) is 0 Å². The van der Waals surface area contributed by atoms with Gasteiger partial charge in [0.2, 0.25) is 17.7 Å². The minimum absolute atomic E-state index is 0. The first kappa shape index (κ1) is 109. The summed E-state index contributed by atoms with van der Waals surface area (Å²) >= 11 is 0. The highest BCUT2D eigenvalue weighted by molar-refractivity contribution is 7.85. The Morgan fingerprint density at radius 1 is 0.313 bits per heavy atom. The molecule has 0 bridgehead atoms. The van der Waals surface area contributed by atoms with Gasteiger partial charge in [-0.1, -0.05) is 105 Å². The normalized spacial score (nSPS) is 46.8. The fourth-order valence-electron chi connectivity index (χ4n) is 35.8. The summed E-state index contributed by atoms with van der Waals surface area (Å²) in [5, 5.41) is 143. The second-order valence-corrected chi connectivity index (χ2v) is 50.0. The monoisotopic (exact) mass is 1870 g/mol. The van der Waals surface area contributed by atoms with E-state index in [1.807, 2.05) is 0 Å². The van der Waals surface area contributed by atoms with Crippen LogP contribution in [-0.2, 0) is 38.9 Å². The number of carboxylic acid groups (broad SMARTS) is 3. The van der Waals surface area contributed by atoms with E-state index in [1.165, 1.54) is 38.5 Å². The van der Waals surface area contributed by atoms with Crippen LogP contribution in [0.15, 0.2) is 0 Å². The summed E-state index contributed by atoms with van der Waals surface area (Å²) in [5.41, 5.74) is 0.505. The van der Waals surface area contributed by atoms with Crippen molar-refractivity contribution in [3.05, 3.63) is 0 Å². The van der Waals surface area contributed by atoms with Crippen molar-refractivity contribution in [3.63, 3.8) is 0 Å². The first-order chi connectivity index (χ1) is 60.0. The summed E-state index contributed by atoms with van der Waals surface area (Å²) < 4.78 is 30.5. The number of aliphatic carboxylic acids is 3. The molecule has 0 unspecified atom stereocenters. The van der Waals surface area contributed by atoms with E-state index in [-0.39, 0.29) is 218 Å². The Bertz CT molecular complexity index is 3970. The maximum atomic E-state index is 12.2. The van der Waals surface area contributed by atoms with Gasteiger partial charge in [0.25, 0.3) is 10.1 Å². The summed E-state index contributed by atoms with van der Waals surface area (Å²) in [7, 11) is -4.10. The van der Waals surface area contributed by atoms with Gasteiger partial charge in [-0.25, -0.2) is 0 Å². The molecule has 16 aliphatic rings. The molecule has 0 heterocycles. The molecule has 0 spiro atoms. The predicted octanol–water partition coefficient (Wildman–Crippen LogP) is 14.9. The van der Waals surface area contributed by atoms with E-state index in [4.69, 9.17) is 19.9 Å². The lowest BCUT2D eigenvalue weighted by molar-refractivity contribution is -0.207. The van der Waals surface area contributed by atoms with Gasteiger partial charge in [-0.15, -0.1) is 0 Å². The molecule has 16 fully saturated rings. The van der Waals surface area contributed by atoms with Crippen molar-refractivity contribution in [1.29, 1.82) is 0 Å². The van der Waals surface area contributed by atoms with E-state index in [9.17, 15) is 88.3 Å². The number of amides is 3. The first-order valence-corrected chi connectivity index (χ1v) is 52.8. The molecule has 0 radical (unpaired) electrons. The molecule has 16 saturated carbocycles. The van der Waals surface area contributed by atoms with Gasteiger partial charge in [0.1, 0.15) is 13.1 Å². The number of rotatable bonds is 23. The molecule has 0 aromatic heterocycles. The van der Waals surface area contributed by atoms with Gasteiger partial charge >= 0.3 is 17.9 Å². The molecule has 26 heteroatoms. The molecule has 0 saturated heterocycles. The van der Waals surface area contributed by atoms with Crippen LogP contribution in [0, 0.1) is 185 Å². The topological polar surface area (TPSA) is 456 Å². The highest BCUT2D eigenvalue weighted by Gasteiger charge is 2.70. The zero-order chi connectivity index (χ0) is 93.4. The Labute approximate surface area is 786 Å². The van der Waals surface area contributed by atoms with E-state index in [1.54, 1.807) is 0 Å². The number of aliphatic hydroxyl groups excluding tert-OH is 10. The second-order valence-electron chi connectivity index (χ2n) is 48.4. The van der Waals surface area contributed by atoms with Crippen molar-refractivity contribution >= 4 is 45.7 Å². The number of nitrogens with one attached hydrogen (secondary N) is 3. The third kappa shape index (κ3) is 21.5. The van der Waals surface area contributed by atoms with Crippen LogP contribution in [-0.4, -0.2) is 201 Å². The summed E-state index contributed by atoms with van der Waals surface area (Å²) in [5.74, 6) is 4.98. The van der Waals surface area contributed by atoms with E-state index < -0.39 is 52.1 Å². The molecule has 131 heavy (non-hydrogen) atoms. The van der Waals surface area contributed by atoms with Gasteiger partial charge in [0.15, 0.2) is 0 Å². The van der Waals surface area contributed by atoms with Gasteiger partial charge in [-0.2, -0.15) is 8.42 Å². The highest BCUT2D eigenvalue weighted by Crippen LogP contribution is 2.74. The molecule has 3 amide bonds. The van der Waals surface area contributed by atoms with Crippen LogP contribution >= 0.6 is 0 Å². The number of carboxylic acids is 3. The van der Waals surface area contributed by atoms with E-state index >= 15 is 0 Å². The molecule has 16 aliphatic carbocycles. The molecular weight excluding hydrogens is 1690 g/mol. The molecule has 16 rings (SSSR count). The van der Waals surface area contributed by atoms with Gasteiger partial charge in [0.05, 0.1) is 66.8 Å². The number of carbonyl (C=O) groups excluding carboxylic acids is 3. The summed E-state index contributed by atoms with van der Waals surface area (Å²) in [6, 6.07) is 0. The minimum atomic E-state index is -4.10. The second kappa shape index (κ2) is 42.8. The largest absolute Gasteiger partial charge is 0.481 e. The van der Waals surface area contributed by atoms with Gasteiger partial charge < -0.3 is 82.3 Å². The molecule has 0 aromatic rings. The number of hydrogen-bond donors (Lipinski definition) is 17. The maximum Gasteiger partial charge on any atom is 0.322 e. The van der Waals surface area contributed by atoms with E-state index in [0.29, 0.717) is 121 Å². The Morgan fingerprint density at radius 3 is 0.878 bits per heavy atom. The molecule has 0 aliphatic heterocycles. The average molecular weight is 1870 g/mol. The minimum Gasteiger partial charge on any atom is -0.481 e. The zero-order valence-electron chi connectivity index (χ0n) is 79.8. The average Bonchev–Trinajstić information content (AvgIpc) is 1.70. The number of carbonyl (C=O) groups is 6. The Hall–Kier alpha value is -3.67. The van der Waals surface area contributed by atoms with Crippen molar-refractivity contribution in [2.45, 2.75) is 410 Å². The number of aliphatic hydroxyl groups is 10. The molecular formula is C105H183N3O22S. The van der Waals surface area contributed by atoms with Crippen molar-refractivity contribution in [1.82, 2.24) is 16.0 Å². The third-order valence-corrected chi connectivity index (χ3v) is 43.4. The van der Waals surface area contributed by atoms with Crippen LogP contribution in [0.1, 0.15) is 349 Å². The van der Waals surface area contributed by atoms with Crippen molar-refractivity contribution < 1.29 is 108 Å². The van der Waals surface area contributed by atoms with E-state index in [0.717, 1.165) is 154 Å². The SMILES string of the molecule is C.C.C.C[C@H](CCC(=O)NCC(=O)O)[C@H]1CC[C@H]2[C@@H]3[C@H](O)C[C@@H]4C[C@H](O)CC[C@]4(C)[C@H]3CC[C@]12C.C[C@H](CCC(=O)NCC(=O)O)[C@H]1CC[C@H]2[C@@H]3[C@H](O)C[C@@H]4C[C@H](O)CC[C@]4(C)[C@H]3C[C@H](O)[C@]12C.C[C@H](CCC(=O)NCCS(=O)(=O)O)[C@H]1CC[C@H]2[C@@H]3[C@H](O)C[C@@H]4C[C@H](O)CC[C@]4(C)[C@H]3C[C@H](O)[C@]12C.C[C@H](CCC(=O)O)[C@H]1CC[C@H]2[C@@H]3[C@H](O)C[C@@H]4C[C@H](O)CC[C@]4(C)[C@H]3CC[C@]12C. The Morgan fingerprint density at radius 2 is 0.573 bits per heavy atom. The highest BCUT2D eigenvalue weighted by atomic mass is 32.2. The fourth-order valence-corrected chi connectivity index (χ4v) is 36.1. The lowest BCUT2D eigenvalue weighted by Gasteiger charge is -2.63. The van der Waals surface area contributed by atoms with Crippen LogP contribution < -0.4 is 16.0 Å². The van der Waals surface area contributed by atoms with Gasteiger partial charge in [-0.3, -0.25) is 33.3 Å². The summed E-state index contributed by atoms with van der Waals surface area (Å²) in [6.45, 7) is 26.9. The lowest BCUT2D eigenvalue weighted by atomic mass is 9.43. The van der Waals surface area contributed by atoms with Crippen LogP contribution in [0.4, 0.5) is 0 Å². The summed E-state index contributed by atoms with van der Waals surface area (Å²) in [4.78, 5) is 68.7. The van der Waals surface area contributed by atoms with Crippen LogP contribution in [0.5, 0.6) is 0 Å². The smallest absolute Gasteiger partial charge is 0.322 e. The predicted molar refractivity (Wildman–Crippen MR) is 505 cm³/mol. The number of fused-ring (bicyclic) bond motifs is 20. The summed E-state index contributed by atoms with van der Waals surface area (Å²) in [6.07, 6.45) is 29.8. The third-order valence-electron chi connectivity index (χ3n) is 42.7. The maximum absolute atomic E-state index is 12.2. The molecule has 25 nitrogen and oxygen atoms in total. The number of hydrogen-bond acceptors (Lipinski definition) is 18. The Balaban J connectivity index is 0.000000180. The van der Waals surface area contributed by atoms with Crippen molar-refractivity contribution in [2.75, 3.05) is 25.4 Å². The molecule has 756 valence electrons. The molecule has 42 atom stereocenters. The zero-order valence-corrected chi connectivity index (χ0v) is 80.6.